The number of ether oxygens (including phenoxy) is 2. The molecule has 0 bridgehead atoms. The van der Waals surface area contributed by atoms with Crippen molar-refractivity contribution in [2.75, 3.05) is 7.11 Å². The van der Waals surface area contributed by atoms with E-state index in [9.17, 15) is 8.78 Å². The first-order valence-electron chi connectivity index (χ1n) is 4.14. The third-order valence-electron chi connectivity index (χ3n) is 2.04. The van der Waals surface area contributed by atoms with Gasteiger partial charge < -0.3 is 9.47 Å². The summed E-state index contributed by atoms with van der Waals surface area (Å²) < 4.78 is 33.2. The Kier molecular flexibility index (Phi) is 3.28. The van der Waals surface area contributed by atoms with Gasteiger partial charge in [-0.3, -0.25) is 0 Å². The van der Waals surface area contributed by atoms with E-state index in [4.69, 9.17) is 4.74 Å². The minimum absolute atomic E-state index is 0.125. The second kappa shape index (κ2) is 4.26. The number of rotatable bonds is 3. The zero-order chi connectivity index (χ0) is 10.7. The van der Waals surface area contributed by atoms with Crippen LogP contribution in [0.1, 0.15) is 11.1 Å². The maximum absolute atomic E-state index is 11.9. The molecule has 0 aliphatic heterocycles. The van der Waals surface area contributed by atoms with Crippen LogP contribution in [-0.2, 0) is 0 Å². The quantitative estimate of drug-likeness (QED) is 0.750. The molecule has 14 heavy (non-hydrogen) atoms. The van der Waals surface area contributed by atoms with Gasteiger partial charge in [0.05, 0.1) is 7.11 Å². The molecule has 1 aromatic carbocycles. The molecular weight excluding hydrogens is 190 g/mol. The minimum atomic E-state index is -2.80. The molecule has 0 fully saturated rings. The molecule has 0 saturated carbocycles. The summed E-state index contributed by atoms with van der Waals surface area (Å²) in [6.45, 7) is 0.873. The van der Waals surface area contributed by atoms with Gasteiger partial charge in [-0.1, -0.05) is 0 Å². The van der Waals surface area contributed by atoms with E-state index in [2.05, 4.69) is 4.74 Å². The van der Waals surface area contributed by atoms with E-state index in [-0.39, 0.29) is 5.75 Å². The zero-order valence-electron chi connectivity index (χ0n) is 8.30. The predicted molar refractivity (Wildman–Crippen MR) is 49.1 cm³/mol. The summed E-state index contributed by atoms with van der Waals surface area (Å²) >= 11 is 0. The van der Waals surface area contributed by atoms with Crippen LogP contribution in [0, 0.1) is 13.8 Å². The summed E-state index contributed by atoms with van der Waals surface area (Å²) in [5, 5.41) is 0. The third-order valence-corrected chi connectivity index (χ3v) is 2.04. The van der Waals surface area contributed by atoms with Crippen molar-refractivity contribution in [1.29, 1.82) is 0 Å². The van der Waals surface area contributed by atoms with Crippen molar-refractivity contribution in [2.45, 2.75) is 20.5 Å². The van der Waals surface area contributed by atoms with Crippen LogP contribution in [0.3, 0.4) is 0 Å². The molecule has 4 heteroatoms. The monoisotopic (exact) mass is 202 g/mol. The Bertz CT molecular complexity index is 324. The van der Waals surface area contributed by atoms with Gasteiger partial charge in [0.1, 0.15) is 11.5 Å². The summed E-state index contributed by atoms with van der Waals surface area (Å²) in [6.07, 6.45) is 0. The number of benzene rings is 1. The fourth-order valence-electron chi connectivity index (χ4n) is 1.18. The lowest BCUT2D eigenvalue weighted by Crippen LogP contribution is -2.03. The molecule has 0 heterocycles. The summed E-state index contributed by atoms with van der Waals surface area (Å²) in [5.74, 6) is 0.681. The van der Waals surface area contributed by atoms with Crippen LogP contribution in [0.15, 0.2) is 12.1 Å². The van der Waals surface area contributed by atoms with Crippen molar-refractivity contribution in [3.05, 3.63) is 23.3 Å². The Morgan fingerprint density at radius 1 is 1.21 bits per heavy atom. The smallest absolute Gasteiger partial charge is 0.387 e. The molecule has 0 amide bonds. The van der Waals surface area contributed by atoms with Crippen LogP contribution in [0.2, 0.25) is 0 Å². The maximum atomic E-state index is 11.9. The van der Waals surface area contributed by atoms with E-state index < -0.39 is 6.61 Å². The molecule has 0 atom stereocenters. The molecule has 0 saturated heterocycles. The normalized spacial score (nSPS) is 10.4. The van der Waals surface area contributed by atoms with E-state index >= 15 is 0 Å². The number of hydrogen-bond donors (Lipinski definition) is 0. The fourth-order valence-corrected chi connectivity index (χ4v) is 1.18. The molecule has 0 N–H and O–H groups in total. The molecule has 0 spiro atoms. The maximum Gasteiger partial charge on any atom is 0.387 e. The lowest BCUT2D eigenvalue weighted by molar-refractivity contribution is -0.0499. The molecule has 1 rings (SSSR count). The summed E-state index contributed by atoms with van der Waals surface area (Å²) in [7, 11) is 1.49. The summed E-state index contributed by atoms with van der Waals surface area (Å²) in [6, 6.07) is 3.01. The van der Waals surface area contributed by atoms with E-state index in [1.54, 1.807) is 6.07 Å². The van der Waals surface area contributed by atoms with E-state index in [1.807, 2.05) is 13.8 Å². The molecule has 78 valence electrons. The highest BCUT2D eigenvalue weighted by Gasteiger charge is 2.09. The van der Waals surface area contributed by atoms with Crippen molar-refractivity contribution < 1.29 is 18.3 Å². The average molecular weight is 202 g/mol. The number of methoxy groups -OCH3 is 1. The fraction of sp³-hybridized carbons (Fsp3) is 0.400. The van der Waals surface area contributed by atoms with Crippen LogP contribution < -0.4 is 9.47 Å². The molecule has 0 unspecified atom stereocenters. The standard InChI is InChI=1S/C10H12F2O2/c1-6-4-8(14-10(11)12)5-9(13-3)7(6)2/h4-5,10H,1-3H3. The molecule has 0 radical (unpaired) electrons. The van der Waals surface area contributed by atoms with Gasteiger partial charge in [0.2, 0.25) is 0 Å². The highest BCUT2D eigenvalue weighted by molar-refractivity contribution is 5.45. The Labute approximate surface area is 81.4 Å². The lowest BCUT2D eigenvalue weighted by atomic mass is 10.1. The number of aryl methyl sites for hydroxylation is 1. The van der Waals surface area contributed by atoms with Crippen molar-refractivity contribution in [2.24, 2.45) is 0 Å². The van der Waals surface area contributed by atoms with Gasteiger partial charge in [0.25, 0.3) is 0 Å². The SMILES string of the molecule is COc1cc(OC(F)F)cc(C)c1C. The number of hydrogen-bond acceptors (Lipinski definition) is 2. The Morgan fingerprint density at radius 3 is 2.36 bits per heavy atom. The largest absolute Gasteiger partial charge is 0.496 e. The van der Waals surface area contributed by atoms with Gasteiger partial charge in [-0.2, -0.15) is 8.78 Å². The Balaban J connectivity index is 3.03. The van der Waals surface area contributed by atoms with Gasteiger partial charge in [-0.15, -0.1) is 0 Å². The predicted octanol–water partition coefficient (Wildman–Crippen LogP) is 2.91. The van der Waals surface area contributed by atoms with E-state index in [1.165, 1.54) is 13.2 Å². The Morgan fingerprint density at radius 2 is 1.86 bits per heavy atom. The molecule has 0 aliphatic carbocycles. The van der Waals surface area contributed by atoms with Gasteiger partial charge in [-0.25, -0.2) is 0 Å². The lowest BCUT2D eigenvalue weighted by Gasteiger charge is -2.11. The van der Waals surface area contributed by atoms with Crippen molar-refractivity contribution in [3.8, 4) is 11.5 Å². The third kappa shape index (κ3) is 2.34. The highest BCUT2D eigenvalue weighted by atomic mass is 19.3. The Hall–Kier alpha value is -1.32. The second-order valence-corrected chi connectivity index (χ2v) is 2.95. The van der Waals surface area contributed by atoms with Crippen LogP contribution in [0.5, 0.6) is 11.5 Å². The van der Waals surface area contributed by atoms with Crippen molar-refractivity contribution in [3.63, 3.8) is 0 Å². The second-order valence-electron chi connectivity index (χ2n) is 2.95. The molecule has 2 nitrogen and oxygen atoms in total. The first-order chi connectivity index (χ1) is 6.54. The first-order valence-corrected chi connectivity index (χ1v) is 4.14. The molecule has 0 aromatic heterocycles. The number of alkyl halides is 2. The average Bonchev–Trinajstić information content (AvgIpc) is 2.10. The van der Waals surface area contributed by atoms with Gasteiger partial charge >= 0.3 is 6.61 Å². The van der Waals surface area contributed by atoms with Crippen molar-refractivity contribution in [1.82, 2.24) is 0 Å². The van der Waals surface area contributed by atoms with Crippen LogP contribution >= 0.6 is 0 Å². The first kappa shape index (κ1) is 10.8. The number of halogens is 2. The van der Waals surface area contributed by atoms with Crippen LogP contribution in [0.25, 0.3) is 0 Å². The molecule has 1 aromatic rings. The van der Waals surface area contributed by atoms with Crippen LogP contribution in [0.4, 0.5) is 8.78 Å². The topological polar surface area (TPSA) is 18.5 Å². The van der Waals surface area contributed by atoms with Crippen molar-refractivity contribution >= 4 is 0 Å². The van der Waals surface area contributed by atoms with Gasteiger partial charge in [-0.05, 0) is 31.0 Å². The minimum Gasteiger partial charge on any atom is -0.496 e. The van der Waals surface area contributed by atoms with Crippen LogP contribution in [-0.4, -0.2) is 13.7 Å². The summed E-state index contributed by atoms with van der Waals surface area (Å²) in [5.41, 5.74) is 1.79. The van der Waals surface area contributed by atoms with E-state index in [0.29, 0.717) is 5.75 Å². The zero-order valence-corrected chi connectivity index (χ0v) is 8.30. The molecule has 0 aliphatic rings. The van der Waals surface area contributed by atoms with E-state index in [0.717, 1.165) is 11.1 Å². The van der Waals surface area contributed by atoms with Gasteiger partial charge in [0.15, 0.2) is 0 Å². The highest BCUT2D eigenvalue weighted by Crippen LogP contribution is 2.28. The summed E-state index contributed by atoms with van der Waals surface area (Å²) in [4.78, 5) is 0. The van der Waals surface area contributed by atoms with Gasteiger partial charge in [0, 0.05) is 6.07 Å². The molecular formula is C10H12F2O2.